The van der Waals surface area contributed by atoms with Crippen molar-refractivity contribution in [2.45, 2.75) is 38.1 Å². The Morgan fingerprint density at radius 2 is 1.96 bits per heavy atom. The van der Waals surface area contributed by atoms with Crippen molar-refractivity contribution in [3.05, 3.63) is 34.9 Å². The molecule has 0 saturated carbocycles. The van der Waals surface area contributed by atoms with Crippen LogP contribution in [0.15, 0.2) is 24.3 Å². The van der Waals surface area contributed by atoms with Crippen LogP contribution in [0.4, 0.5) is 0 Å². The topological polar surface area (TPSA) is 86.7 Å². The highest BCUT2D eigenvalue weighted by Crippen LogP contribution is 2.29. The molecule has 2 amide bonds. The number of carbonyl (C=O) groups is 3. The van der Waals surface area contributed by atoms with Crippen LogP contribution in [0.3, 0.4) is 0 Å². The third-order valence-electron chi connectivity index (χ3n) is 4.36. The fraction of sp³-hybridized carbons (Fsp3) is 0.471. The van der Waals surface area contributed by atoms with Gasteiger partial charge in [0, 0.05) is 30.1 Å². The molecule has 0 aromatic heterocycles. The van der Waals surface area contributed by atoms with Gasteiger partial charge in [-0.1, -0.05) is 11.6 Å². The maximum Gasteiger partial charge on any atom is 0.329 e. The number of likely N-dealkylation sites (tertiary alicyclic amines) is 1. The predicted molar refractivity (Wildman–Crippen MR) is 90.0 cm³/mol. The minimum atomic E-state index is -1.11. The van der Waals surface area contributed by atoms with Crippen LogP contribution in [0.1, 0.15) is 43.0 Å². The lowest BCUT2D eigenvalue weighted by atomic mass is 9.99. The number of rotatable bonds is 6. The number of carbonyl (C=O) groups excluding carboxylic acids is 2. The van der Waals surface area contributed by atoms with Gasteiger partial charge < -0.3 is 15.3 Å². The summed E-state index contributed by atoms with van der Waals surface area (Å²) < 4.78 is 0. The van der Waals surface area contributed by atoms with E-state index in [-0.39, 0.29) is 18.2 Å². The van der Waals surface area contributed by atoms with Crippen LogP contribution in [0.5, 0.6) is 0 Å². The molecule has 0 radical (unpaired) electrons. The molecular formula is C17H21ClN2O4. The van der Waals surface area contributed by atoms with Crippen molar-refractivity contribution < 1.29 is 19.5 Å². The number of hydrogen-bond donors (Lipinski definition) is 2. The highest BCUT2D eigenvalue weighted by atomic mass is 35.5. The van der Waals surface area contributed by atoms with Crippen LogP contribution in [0, 0.1) is 0 Å². The largest absolute Gasteiger partial charge is 0.480 e. The Morgan fingerprint density at radius 1 is 1.29 bits per heavy atom. The molecule has 1 aromatic rings. The van der Waals surface area contributed by atoms with Gasteiger partial charge in [0.15, 0.2) is 0 Å². The second-order valence-electron chi connectivity index (χ2n) is 6.09. The summed E-state index contributed by atoms with van der Waals surface area (Å²) in [5.41, 5.74) is -0.604. The first kappa shape index (κ1) is 18.3. The van der Waals surface area contributed by atoms with Crippen molar-refractivity contribution >= 4 is 29.4 Å². The molecule has 1 aliphatic heterocycles. The standard InChI is InChI=1S/C17H21ClN2O4/c1-17(16(23)24)9-3-11-20(17)14(21)4-2-10-19-15(22)12-5-7-13(18)8-6-12/h5-8H,2-4,9-11H2,1H3,(H,19,22)(H,23,24). The Balaban J connectivity index is 1.78. The van der Waals surface area contributed by atoms with Gasteiger partial charge in [0.25, 0.3) is 5.91 Å². The summed E-state index contributed by atoms with van der Waals surface area (Å²) >= 11 is 5.77. The Morgan fingerprint density at radius 3 is 2.58 bits per heavy atom. The lowest BCUT2D eigenvalue weighted by Gasteiger charge is -2.31. The first-order valence-corrected chi connectivity index (χ1v) is 8.30. The number of carboxylic acid groups (broad SMARTS) is 1. The molecule has 1 fully saturated rings. The fourth-order valence-electron chi connectivity index (χ4n) is 2.87. The van der Waals surface area contributed by atoms with Crippen LogP contribution in [0.2, 0.25) is 5.02 Å². The van der Waals surface area contributed by atoms with Gasteiger partial charge in [0.2, 0.25) is 5.91 Å². The molecule has 24 heavy (non-hydrogen) atoms. The summed E-state index contributed by atoms with van der Waals surface area (Å²) in [7, 11) is 0. The van der Waals surface area contributed by atoms with E-state index >= 15 is 0 Å². The summed E-state index contributed by atoms with van der Waals surface area (Å²) in [6.45, 7) is 2.41. The SMILES string of the molecule is CC1(C(=O)O)CCCN1C(=O)CCCNC(=O)c1ccc(Cl)cc1. The summed E-state index contributed by atoms with van der Waals surface area (Å²) in [5.74, 6) is -1.38. The van der Waals surface area contributed by atoms with Crippen LogP contribution < -0.4 is 5.32 Å². The quantitative estimate of drug-likeness (QED) is 0.769. The van der Waals surface area contributed by atoms with E-state index in [1.807, 2.05) is 0 Å². The van der Waals surface area contributed by atoms with Crippen molar-refractivity contribution in [1.82, 2.24) is 10.2 Å². The van der Waals surface area contributed by atoms with Gasteiger partial charge in [-0.25, -0.2) is 4.79 Å². The summed E-state index contributed by atoms with van der Waals surface area (Å²) in [6, 6.07) is 6.54. The van der Waals surface area contributed by atoms with Gasteiger partial charge in [0.05, 0.1) is 0 Å². The van der Waals surface area contributed by atoms with E-state index in [1.54, 1.807) is 31.2 Å². The summed E-state index contributed by atoms with van der Waals surface area (Å²) in [5, 5.41) is 12.6. The lowest BCUT2D eigenvalue weighted by Crippen LogP contribution is -2.50. The zero-order chi connectivity index (χ0) is 17.7. The van der Waals surface area contributed by atoms with Gasteiger partial charge in [-0.3, -0.25) is 9.59 Å². The van der Waals surface area contributed by atoms with Crippen molar-refractivity contribution in [1.29, 1.82) is 0 Å². The van der Waals surface area contributed by atoms with E-state index in [4.69, 9.17) is 11.6 Å². The highest BCUT2D eigenvalue weighted by molar-refractivity contribution is 6.30. The van der Waals surface area contributed by atoms with Gasteiger partial charge in [-0.2, -0.15) is 0 Å². The summed E-state index contributed by atoms with van der Waals surface area (Å²) in [4.78, 5) is 37.0. The Kier molecular flexibility index (Phi) is 5.83. The van der Waals surface area contributed by atoms with Crippen molar-refractivity contribution in [3.8, 4) is 0 Å². The third-order valence-corrected chi connectivity index (χ3v) is 4.61. The van der Waals surface area contributed by atoms with Gasteiger partial charge in [-0.05, 0) is 50.5 Å². The van der Waals surface area contributed by atoms with E-state index in [1.165, 1.54) is 4.90 Å². The van der Waals surface area contributed by atoms with Crippen LogP contribution in [0.25, 0.3) is 0 Å². The first-order chi connectivity index (χ1) is 11.3. The van der Waals surface area contributed by atoms with Crippen molar-refractivity contribution in [3.63, 3.8) is 0 Å². The molecule has 1 saturated heterocycles. The number of amides is 2. The number of nitrogens with one attached hydrogen (secondary N) is 1. The molecule has 130 valence electrons. The van der Waals surface area contributed by atoms with Gasteiger partial charge in [0.1, 0.15) is 5.54 Å². The molecule has 2 N–H and O–H groups in total. The molecule has 0 bridgehead atoms. The lowest BCUT2D eigenvalue weighted by molar-refractivity contribution is -0.155. The number of hydrogen-bond acceptors (Lipinski definition) is 3. The van der Waals surface area contributed by atoms with E-state index < -0.39 is 11.5 Å². The monoisotopic (exact) mass is 352 g/mol. The maximum atomic E-state index is 12.3. The fourth-order valence-corrected chi connectivity index (χ4v) is 2.99. The molecule has 6 nitrogen and oxygen atoms in total. The molecule has 7 heteroatoms. The molecule has 1 unspecified atom stereocenters. The highest BCUT2D eigenvalue weighted by Gasteiger charge is 2.45. The minimum Gasteiger partial charge on any atom is -0.480 e. The zero-order valence-electron chi connectivity index (χ0n) is 13.5. The van der Waals surface area contributed by atoms with Gasteiger partial charge >= 0.3 is 5.97 Å². The molecule has 0 spiro atoms. The third kappa shape index (κ3) is 4.06. The number of carboxylic acids is 1. The van der Waals surface area contributed by atoms with E-state index in [0.717, 1.165) is 0 Å². The number of nitrogens with zero attached hydrogens (tertiary/aromatic N) is 1. The molecule has 0 aliphatic carbocycles. The van der Waals surface area contributed by atoms with Crippen molar-refractivity contribution in [2.75, 3.05) is 13.1 Å². The normalized spacial score (nSPS) is 20.0. The van der Waals surface area contributed by atoms with E-state index in [9.17, 15) is 19.5 Å². The van der Waals surface area contributed by atoms with Crippen LogP contribution in [-0.2, 0) is 9.59 Å². The molecular weight excluding hydrogens is 332 g/mol. The second-order valence-corrected chi connectivity index (χ2v) is 6.53. The average Bonchev–Trinajstić information content (AvgIpc) is 2.95. The van der Waals surface area contributed by atoms with E-state index in [0.29, 0.717) is 42.9 Å². The van der Waals surface area contributed by atoms with Crippen molar-refractivity contribution in [2.24, 2.45) is 0 Å². The number of aliphatic carboxylic acids is 1. The Labute approximate surface area is 145 Å². The first-order valence-electron chi connectivity index (χ1n) is 7.92. The predicted octanol–water partition coefficient (Wildman–Crippen LogP) is 2.32. The smallest absolute Gasteiger partial charge is 0.329 e. The Hall–Kier alpha value is -2.08. The number of halogens is 1. The van der Waals surface area contributed by atoms with Crippen LogP contribution in [-0.4, -0.2) is 46.4 Å². The number of benzene rings is 1. The van der Waals surface area contributed by atoms with E-state index in [2.05, 4.69) is 5.32 Å². The van der Waals surface area contributed by atoms with Gasteiger partial charge in [-0.15, -0.1) is 0 Å². The molecule has 1 atom stereocenters. The molecule has 1 aromatic carbocycles. The molecule has 1 aliphatic rings. The maximum absolute atomic E-state index is 12.3. The average molecular weight is 353 g/mol. The Bertz CT molecular complexity index is 632. The minimum absolute atomic E-state index is 0.182. The molecule has 1 heterocycles. The van der Waals surface area contributed by atoms with Crippen LogP contribution >= 0.6 is 11.6 Å². The second kappa shape index (κ2) is 7.66. The molecule has 2 rings (SSSR count). The summed E-state index contributed by atoms with van der Waals surface area (Å²) in [6.07, 6.45) is 1.84. The zero-order valence-corrected chi connectivity index (χ0v) is 14.3.